The molecule has 3 rings (SSSR count). The number of aromatic amines is 1. The molecule has 1 fully saturated rings. The summed E-state index contributed by atoms with van der Waals surface area (Å²) in [7, 11) is 0. The van der Waals surface area contributed by atoms with Gasteiger partial charge in [0, 0.05) is 23.3 Å². The molecule has 0 aromatic carbocycles. The van der Waals surface area contributed by atoms with E-state index in [9.17, 15) is 4.79 Å². The van der Waals surface area contributed by atoms with Crippen molar-refractivity contribution in [3.8, 4) is 0 Å². The lowest BCUT2D eigenvalue weighted by atomic mass is 10.2. The molecule has 7 heteroatoms. The molecule has 2 aromatic rings. The Labute approximate surface area is 133 Å². The number of nitrogens with zero attached hydrogens (tertiary/aromatic N) is 3. The fourth-order valence-corrected chi connectivity index (χ4v) is 3.64. The van der Waals surface area contributed by atoms with Gasteiger partial charge in [0.05, 0.1) is 30.3 Å². The van der Waals surface area contributed by atoms with Gasteiger partial charge in [-0.25, -0.2) is 9.97 Å². The Hall–Kier alpha value is -1.73. The predicted molar refractivity (Wildman–Crippen MR) is 83.9 cm³/mol. The van der Waals surface area contributed by atoms with Crippen LogP contribution in [-0.4, -0.2) is 45.5 Å². The van der Waals surface area contributed by atoms with E-state index in [0.29, 0.717) is 26.2 Å². The number of H-pyrrole nitrogens is 1. The summed E-state index contributed by atoms with van der Waals surface area (Å²) in [5.41, 5.74) is 1.94. The van der Waals surface area contributed by atoms with Crippen molar-refractivity contribution in [3.63, 3.8) is 0 Å². The lowest BCUT2D eigenvalue weighted by Gasteiger charge is -2.34. The number of aromatic nitrogens is 3. The zero-order valence-electron chi connectivity index (χ0n) is 13.0. The summed E-state index contributed by atoms with van der Waals surface area (Å²) in [6.07, 6.45) is 2.18. The van der Waals surface area contributed by atoms with Crippen molar-refractivity contribution in [2.45, 2.75) is 33.2 Å². The van der Waals surface area contributed by atoms with Gasteiger partial charge in [-0.2, -0.15) is 0 Å². The fraction of sp³-hybridized carbons (Fsp3) is 0.533. The summed E-state index contributed by atoms with van der Waals surface area (Å²) in [6.45, 7) is 7.53. The van der Waals surface area contributed by atoms with Crippen LogP contribution < -0.4 is 0 Å². The van der Waals surface area contributed by atoms with Crippen LogP contribution in [0.25, 0.3) is 0 Å². The van der Waals surface area contributed by atoms with Gasteiger partial charge in [0.25, 0.3) is 0 Å². The van der Waals surface area contributed by atoms with Gasteiger partial charge in [-0.15, -0.1) is 11.3 Å². The monoisotopic (exact) mass is 320 g/mol. The normalized spacial score (nSPS) is 18.7. The zero-order valence-corrected chi connectivity index (χ0v) is 13.9. The fourth-order valence-electron chi connectivity index (χ4n) is 2.71. The standard InChI is InChI=1S/C15H20N4O2S/c1-9-7-16-15(17-9)12-8-21-5-4-19(12)14(20)6-13-10(2)18-11(3)22-13/h7,12H,4-6,8H2,1-3H3,(H,16,17). The van der Waals surface area contributed by atoms with Crippen LogP contribution in [0.3, 0.4) is 0 Å². The van der Waals surface area contributed by atoms with Crippen LogP contribution in [-0.2, 0) is 16.0 Å². The van der Waals surface area contributed by atoms with Crippen molar-refractivity contribution >= 4 is 17.2 Å². The van der Waals surface area contributed by atoms with E-state index in [2.05, 4.69) is 15.0 Å². The molecule has 1 amide bonds. The van der Waals surface area contributed by atoms with Crippen LogP contribution in [0.1, 0.15) is 33.1 Å². The molecular weight excluding hydrogens is 300 g/mol. The molecular formula is C15H20N4O2S. The number of carbonyl (C=O) groups is 1. The van der Waals surface area contributed by atoms with Crippen LogP contribution in [0.15, 0.2) is 6.20 Å². The minimum absolute atomic E-state index is 0.106. The van der Waals surface area contributed by atoms with Gasteiger partial charge < -0.3 is 14.6 Å². The molecule has 1 aliphatic rings. The highest BCUT2D eigenvalue weighted by molar-refractivity contribution is 7.11. The van der Waals surface area contributed by atoms with Crippen LogP contribution in [0.5, 0.6) is 0 Å². The number of ether oxygens (including phenoxy) is 1. The molecule has 22 heavy (non-hydrogen) atoms. The molecule has 6 nitrogen and oxygen atoms in total. The molecule has 1 N–H and O–H groups in total. The zero-order chi connectivity index (χ0) is 15.7. The molecule has 1 unspecified atom stereocenters. The van der Waals surface area contributed by atoms with Crippen LogP contribution in [0, 0.1) is 20.8 Å². The van der Waals surface area contributed by atoms with Crippen molar-refractivity contribution in [1.29, 1.82) is 0 Å². The molecule has 3 heterocycles. The van der Waals surface area contributed by atoms with Gasteiger partial charge in [-0.1, -0.05) is 0 Å². The molecule has 0 aliphatic carbocycles. The summed E-state index contributed by atoms with van der Waals surface area (Å²) >= 11 is 1.59. The van der Waals surface area contributed by atoms with E-state index in [-0.39, 0.29) is 11.9 Å². The number of aryl methyl sites for hydroxylation is 3. The van der Waals surface area contributed by atoms with E-state index in [1.807, 2.05) is 25.7 Å². The number of hydrogen-bond donors (Lipinski definition) is 1. The van der Waals surface area contributed by atoms with Crippen LogP contribution in [0.4, 0.5) is 0 Å². The Morgan fingerprint density at radius 1 is 1.50 bits per heavy atom. The molecule has 0 spiro atoms. The lowest BCUT2D eigenvalue weighted by molar-refractivity contribution is -0.139. The van der Waals surface area contributed by atoms with Crippen molar-refractivity contribution in [1.82, 2.24) is 19.9 Å². The van der Waals surface area contributed by atoms with Gasteiger partial charge in [0.15, 0.2) is 0 Å². The minimum Gasteiger partial charge on any atom is -0.377 e. The molecule has 1 atom stereocenters. The second-order valence-corrected chi connectivity index (χ2v) is 6.84. The highest BCUT2D eigenvalue weighted by Crippen LogP contribution is 2.25. The van der Waals surface area contributed by atoms with Crippen molar-refractivity contribution in [3.05, 3.63) is 33.3 Å². The first-order chi connectivity index (χ1) is 10.5. The Balaban J connectivity index is 1.78. The molecule has 0 bridgehead atoms. The largest absolute Gasteiger partial charge is 0.377 e. The Morgan fingerprint density at radius 2 is 2.32 bits per heavy atom. The third kappa shape index (κ3) is 3.05. The number of carbonyl (C=O) groups excluding carboxylic acids is 1. The summed E-state index contributed by atoms with van der Waals surface area (Å²) in [4.78, 5) is 27.6. The smallest absolute Gasteiger partial charge is 0.228 e. The van der Waals surface area contributed by atoms with Crippen molar-refractivity contribution in [2.75, 3.05) is 19.8 Å². The Morgan fingerprint density at radius 3 is 2.95 bits per heavy atom. The van der Waals surface area contributed by atoms with Gasteiger partial charge in [0.1, 0.15) is 11.9 Å². The average Bonchev–Trinajstić information content (AvgIpc) is 3.05. The number of hydrogen-bond acceptors (Lipinski definition) is 5. The first kappa shape index (κ1) is 15.2. The quantitative estimate of drug-likeness (QED) is 0.938. The summed E-state index contributed by atoms with van der Waals surface area (Å²) in [5.74, 6) is 0.900. The Kier molecular flexibility index (Phi) is 4.26. The molecule has 0 saturated carbocycles. The Bertz CT molecular complexity index is 679. The van der Waals surface area contributed by atoms with Gasteiger partial charge >= 0.3 is 0 Å². The van der Waals surface area contributed by atoms with E-state index in [0.717, 1.165) is 27.1 Å². The van der Waals surface area contributed by atoms with Gasteiger partial charge in [0.2, 0.25) is 5.91 Å². The van der Waals surface area contributed by atoms with E-state index in [1.54, 1.807) is 17.5 Å². The first-order valence-electron chi connectivity index (χ1n) is 7.36. The van der Waals surface area contributed by atoms with Crippen LogP contribution in [0.2, 0.25) is 0 Å². The molecule has 1 aliphatic heterocycles. The number of morpholine rings is 1. The highest BCUT2D eigenvalue weighted by Gasteiger charge is 2.31. The van der Waals surface area contributed by atoms with Crippen molar-refractivity contribution < 1.29 is 9.53 Å². The minimum atomic E-state index is -0.135. The number of thiazole rings is 1. The maximum atomic E-state index is 12.7. The van der Waals surface area contributed by atoms with E-state index < -0.39 is 0 Å². The van der Waals surface area contributed by atoms with E-state index >= 15 is 0 Å². The number of nitrogens with one attached hydrogen (secondary N) is 1. The number of amides is 1. The summed E-state index contributed by atoms with van der Waals surface area (Å²) in [5, 5.41) is 1.00. The number of rotatable bonds is 3. The van der Waals surface area contributed by atoms with E-state index in [1.165, 1.54) is 0 Å². The first-order valence-corrected chi connectivity index (χ1v) is 8.18. The lowest BCUT2D eigenvalue weighted by Crippen LogP contribution is -2.44. The maximum Gasteiger partial charge on any atom is 0.228 e. The maximum absolute atomic E-state index is 12.7. The second kappa shape index (κ2) is 6.18. The summed E-state index contributed by atoms with van der Waals surface area (Å²) in [6, 6.07) is -0.135. The van der Waals surface area contributed by atoms with E-state index in [4.69, 9.17) is 4.74 Å². The average molecular weight is 320 g/mol. The highest BCUT2D eigenvalue weighted by atomic mass is 32.1. The SMILES string of the molecule is Cc1cnc(C2COCCN2C(=O)Cc2sc(C)nc2C)[nH]1. The molecule has 1 saturated heterocycles. The summed E-state index contributed by atoms with van der Waals surface area (Å²) < 4.78 is 5.54. The third-order valence-corrected chi connectivity index (χ3v) is 4.87. The van der Waals surface area contributed by atoms with Crippen LogP contribution >= 0.6 is 11.3 Å². The topological polar surface area (TPSA) is 71.1 Å². The number of imidazole rings is 1. The predicted octanol–water partition coefficient (Wildman–Crippen LogP) is 1.93. The second-order valence-electron chi connectivity index (χ2n) is 5.55. The molecule has 118 valence electrons. The molecule has 0 radical (unpaired) electrons. The van der Waals surface area contributed by atoms with Crippen molar-refractivity contribution in [2.24, 2.45) is 0 Å². The third-order valence-electron chi connectivity index (χ3n) is 3.80. The molecule has 2 aromatic heterocycles. The van der Waals surface area contributed by atoms with Gasteiger partial charge in [-0.3, -0.25) is 4.79 Å². The van der Waals surface area contributed by atoms with Gasteiger partial charge in [-0.05, 0) is 20.8 Å².